The van der Waals surface area contributed by atoms with Crippen LogP contribution >= 0.6 is 0 Å². The standard InChI is InChI=1S/C15H23N3O2/c1-5-11-10(4)17-12-7-6-8-13(14(11)12)18-20-15(19)16-9(2)3/h9,17H,5-8H2,1-4H3,(H,16,19). The molecule has 0 unspecified atom stereocenters. The Bertz CT molecular complexity index is 529. The first-order chi connectivity index (χ1) is 9.52. The number of rotatable bonds is 3. The lowest BCUT2D eigenvalue weighted by Gasteiger charge is -2.15. The topological polar surface area (TPSA) is 66.5 Å². The Morgan fingerprint density at radius 2 is 2.20 bits per heavy atom. The molecule has 0 saturated carbocycles. The number of H-pyrrole nitrogens is 1. The predicted molar refractivity (Wildman–Crippen MR) is 79.1 cm³/mol. The number of hydrogen-bond donors (Lipinski definition) is 2. The maximum atomic E-state index is 11.5. The summed E-state index contributed by atoms with van der Waals surface area (Å²) in [7, 11) is 0. The van der Waals surface area contributed by atoms with E-state index in [0.717, 1.165) is 37.0 Å². The third-order valence-corrected chi connectivity index (χ3v) is 3.52. The van der Waals surface area contributed by atoms with Gasteiger partial charge in [0.1, 0.15) is 0 Å². The molecule has 20 heavy (non-hydrogen) atoms. The van der Waals surface area contributed by atoms with Gasteiger partial charge in [-0.1, -0.05) is 12.1 Å². The molecule has 5 heteroatoms. The second kappa shape index (κ2) is 6.11. The summed E-state index contributed by atoms with van der Waals surface area (Å²) < 4.78 is 0. The van der Waals surface area contributed by atoms with Crippen molar-refractivity contribution in [1.82, 2.24) is 10.3 Å². The maximum absolute atomic E-state index is 11.5. The second-order valence-corrected chi connectivity index (χ2v) is 5.50. The minimum atomic E-state index is -0.495. The highest BCUT2D eigenvalue weighted by Crippen LogP contribution is 2.27. The zero-order chi connectivity index (χ0) is 14.7. The summed E-state index contributed by atoms with van der Waals surface area (Å²) in [5.41, 5.74) is 5.74. The molecule has 1 heterocycles. The highest BCUT2D eigenvalue weighted by atomic mass is 16.7. The van der Waals surface area contributed by atoms with Gasteiger partial charge in [0.2, 0.25) is 0 Å². The van der Waals surface area contributed by atoms with E-state index in [1.54, 1.807) is 0 Å². The molecule has 0 aromatic carbocycles. The molecule has 1 aromatic heterocycles. The normalized spacial score (nSPS) is 16.4. The van der Waals surface area contributed by atoms with Crippen molar-refractivity contribution in [3.63, 3.8) is 0 Å². The van der Waals surface area contributed by atoms with Gasteiger partial charge in [-0.25, -0.2) is 4.79 Å². The lowest BCUT2D eigenvalue weighted by atomic mass is 9.92. The number of oxime groups is 1. The van der Waals surface area contributed by atoms with Crippen molar-refractivity contribution in [2.24, 2.45) is 5.16 Å². The fourth-order valence-electron chi connectivity index (χ4n) is 2.72. The van der Waals surface area contributed by atoms with Crippen LogP contribution in [0.2, 0.25) is 0 Å². The van der Waals surface area contributed by atoms with Crippen molar-refractivity contribution in [1.29, 1.82) is 0 Å². The minimum Gasteiger partial charge on any atom is -0.362 e. The van der Waals surface area contributed by atoms with Crippen LogP contribution in [0.5, 0.6) is 0 Å². The monoisotopic (exact) mass is 277 g/mol. The van der Waals surface area contributed by atoms with Gasteiger partial charge in [0, 0.05) is 23.0 Å². The van der Waals surface area contributed by atoms with Crippen molar-refractivity contribution in [2.75, 3.05) is 0 Å². The Hall–Kier alpha value is -1.78. The lowest BCUT2D eigenvalue weighted by Crippen LogP contribution is -2.30. The summed E-state index contributed by atoms with van der Waals surface area (Å²) in [6.07, 6.45) is 3.38. The molecule has 0 fully saturated rings. The summed E-state index contributed by atoms with van der Waals surface area (Å²) in [6, 6.07) is 0.0466. The second-order valence-electron chi connectivity index (χ2n) is 5.50. The molecule has 1 amide bonds. The van der Waals surface area contributed by atoms with Gasteiger partial charge in [0.25, 0.3) is 0 Å². The van der Waals surface area contributed by atoms with E-state index in [1.807, 2.05) is 13.8 Å². The average Bonchev–Trinajstić information content (AvgIpc) is 2.71. The van der Waals surface area contributed by atoms with Gasteiger partial charge in [-0.2, -0.15) is 0 Å². The van der Waals surface area contributed by atoms with Crippen LogP contribution in [0, 0.1) is 6.92 Å². The third kappa shape index (κ3) is 3.03. The Balaban J connectivity index is 2.21. The molecule has 0 aliphatic heterocycles. The molecule has 0 saturated heterocycles. The van der Waals surface area contributed by atoms with Gasteiger partial charge in [-0.15, -0.1) is 0 Å². The van der Waals surface area contributed by atoms with Crippen molar-refractivity contribution in [3.05, 3.63) is 22.5 Å². The Kier molecular flexibility index (Phi) is 4.47. The molecular weight excluding hydrogens is 254 g/mol. The number of nitrogens with one attached hydrogen (secondary N) is 2. The molecule has 0 radical (unpaired) electrons. The van der Waals surface area contributed by atoms with E-state index in [1.165, 1.54) is 17.0 Å². The zero-order valence-electron chi connectivity index (χ0n) is 12.7. The Labute approximate surface area is 119 Å². The van der Waals surface area contributed by atoms with Crippen molar-refractivity contribution >= 4 is 11.8 Å². The molecule has 110 valence electrons. The molecular formula is C15H23N3O2. The number of aromatic amines is 1. The molecule has 0 atom stereocenters. The molecule has 1 aromatic rings. The molecule has 1 aliphatic carbocycles. The fourth-order valence-corrected chi connectivity index (χ4v) is 2.72. The predicted octanol–water partition coefficient (Wildman–Crippen LogP) is 3.06. The van der Waals surface area contributed by atoms with Crippen LogP contribution in [0.1, 0.15) is 56.1 Å². The number of nitrogens with zero attached hydrogens (tertiary/aromatic N) is 1. The summed E-state index contributed by atoms with van der Waals surface area (Å²) >= 11 is 0. The van der Waals surface area contributed by atoms with E-state index < -0.39 is 6.09 Å². The first-order valence-electron chi connectivity index (χ1n) is 7.28. The quantitative estimate of drug-likeness (QED) is 0.658. The van der Waals surface area contributed by atoms with E-state index in [2.05, 4.69) is 29.3 Å². The highest BCUT2D eigenvalue weighted by Gasteiger charge is 2.23. The van der Waals surface area contributed by atoms with Crippen LogP contribution in [0.15, 0.2) is 5.16 Å². The molecule has 2 rings (SSSR count). The van der Waals surface area contributed by atoms with Gasteiger partial charge in [0.05, 0.1) is 5.71 Å². The van der Waals surface area contributed by atoms with Crippen LogP contribution in [0.3, 0.4) is 0 Å². The first-order valence-corrected chi connectivity index (χ1v) is 7.28. The van der Waals surface area contributed by atoms with E-state index in [9.17, 15) is 4.79 Å². The molecule has 0 spiro atoms. The maximum Gasteiger partial charge on any atom is 0.433 e. The number of fused-ring (bicyclic) bond motifs is 1. The molecule has 2 N–H and O–H groups in total. The van der Waals surface area contributed by atoms with Crippen LogP contribution in [0.4, 0.5) is 4.79 Å². The third-order valence-electron chi connectivity index (χ3n) is 3.52. The largest absolute Gasteiger partial charge is 0.433 e. The van der Waals surface area contributed by atoms with Crippen molar-refractivity contribution in [2.45, 2.75) is 59.4 Å². The van der Waals surface area contributed by atoms with Crippen LogP contribution < -0.4 is 5.32 Å². The first kappa shape index (κ1) is 14.6. The summed E-state index contributed by atoms with van der Waals surface area (Å²) in [4.78, 5) is 19.9. The number of carbonyl (C=O) groups is 1. The van der Waals surface area contributed by atoms with Crippen LogP contribution in [-0.2, 0) is 17.7 Å². The van der Waals surface area contributed by atoms with Gasteiger partial charge < -0.3 is 10.3 Å². The van der Waals surface area contributed by atoms with E-state index >= 15 is 0 Å². The Morgan fingerprint density at radius 1 is 1.45 bits per heavy atom. The average molecular weight is 277 g/mol. The summed E-state index contributed by atoms with van der Waals surface area (Å²) in [5, 5.41) is 6.75. The van der Waals surface area contributed by atoms with Crippen molar-refractivity contribution in [3.8, 4) is 0 Å². The van der Waals surface area contributed by atoms with Crippen molar-refractivity contribution < 1.29 is 9.63 Å². The number of aryl methyl sites for hydroxylation is 2. The summed E-state index contributed by atoms with van der Waals surface area (Å²) in [5.74, 6) is 0. The van der Waals surface area contributed by atoms with Gasteiger partial charge >= 0.3 is 6.09 Å². The Morgan fingerprint density at radius 3 is 2.85 bits per heavy atom. The summed E-state index contributed by atoms with van der Waals surface area (Å²) in [6.45, 7) is 7.99. The smallest absolute Gasteiger partial charge is 0.362 e. The number of aromatic nitrogens is 1. The van der Waals surface area contributed by atoms with Gasteiger partial charge in [0.15, 0.2) is 0 Å². The molecule has 1 aliphatic rings. The number of hydrogen-bond acceptors (Lipinski definition) is 3. The van der Waals surface area contributed by atoms with Crippen LogP contribution in [0.25, 0.3) is 0 Å². The van der Waals surface area contributed by atoms with Crippen LogP contribution in [-0.4, -0.2) is 22.8 Å². The highest BCUT2D eigenvalue weighted by molar-refractivity contribution is 6.04. The van der Waals surface area contributed by atoms with Gasteiger partial charge in [-0.3, -0.25) is 4.84 Å². The SMILES string of the molecule is CCc1c(C)[nH]c2c1C(=NOC(=O)NC(C)C)CCC2. The van der Waals surface area contributed by atoms with Gasteiger partial charge in [-0.05, 0) is 52.0 Å². The van der Waals surface area contributed by atoms with E-state index in [4.69, 9.17) is 4.84 Å². The molecule has 0 bridgehead atoms. The lowest BCUT2D eigenvalue weighted by molar-refractivity contribution is 0.148. The fraction of sp³-hybridized carbons (Fsp3) is 0.600. The minimum absolute atomic E-state index is 0.0466. The van der Waals surface area contributed by atoms with E-state index in [-0.39, 0.29) is 6.04 Å². The van der Waals surface area contributed by atoms with E-state index in [0.29, 0.717) is 0 Å². The number of amides is 1. The zero-order valence-corrected chi connectivity index (χ0v) is 12.7. The number of carbonyl (C=O) groups excluding carboxylic acids is 1. The molecule has 5 nitrogen and oxygen atoms in total.